The average molecular weight is 402 g/mol. The van der Waals surface area contributed by atoms with Crippen LogP contribution in [0.5, 0.6) is 0 Å². The fraction of sp³-hybridized carbons (Fsp3) is 0.565. The molecule has 158 valence electrons. The zero-order valence-corrected chi connectivity index (χ0v) is 19.0. The van der Waals surface area contributed by atoms with Crippen LogP contribution in [0.2, 0.25) is 0 Å². The molecule has 6 nitrogen and oxygen atoms in total. The van der Waals surface area contributed by atoms with Crippen molar-refractivity contribution in [1.82, 2.24) is 0 Å². The lowest BCUT2D eigenvalue weighted by Gasteiger charge is -2.33. The molecule has 0 spiro atoms. The van der Waals surface area contributed by atoms with Crippen LogP contribution in [0.25, 0.3) is 0 Å². The third-order valence-corrected chi connectivity index (χ3v) is 4.43. The Kier molecular flexibility index (Phi) is 6.36. The van der Waals surface area contributed by atoms with Gasteiger partial charge in [0, 0.05) is 29.0 Å². The summed E-state index contributed by atoms with van der Waals surface area (Å²) in [7, 11) is 1.90. The fourth-order valence-electron chi connectivity index (χ4n) is 3.46. The van der Waals surface area contributed by atoms with Crippen LogP contribution in [-0.2, 0) is 26.1 Å². The maximum atomic E-state index is 13.2. The van der Waals surface area contributed by atoms with Gasteiger partial charge >= 0.3 is 11.9 Å². The van der Waals surface area contributed by atoms with Gasteiger partial charge in [-0.1, -0.05) is 0 Å². The normalized spacial score (nSPS) is 20.2. The highest BCUT2D eigenvalue weighted by Crippen LogP contribution is 2.40. The number of hydrogen-bond donors (Lipinski definition) is 0. The number of hydrogen-bond acceptors (Lipinski definition) is 5. The van der Waals surface area contributed by atoms with E-state index in [2.05, 4.69) is 4.99 Å². The van der Waals surface area contributed by atoms with Gasteiger partial charge in [0.1, 0.15) is 24.2 Å². The molecule has 0 amide bonds. The highest BCUT2D eigenvalue weighted by atomic mass is 16.6. The summed E-state index contributed by atoms with van der Waals surface area (Å²) >= 11 is 0. The Balaban J connectivity index is 2.64. The lowest BCUT2D eigenvalue weighted by molar-refractivity contribution is -0.672. The minimum Gasteiger partial charge on any atom is -0.459 e. The number of ether oxygens (including phenoxy) is 2. The molecule has 0 fully saturated rings. The number of allylic oxidation sites excluding steroid dienone is 1. The standard InChI is InChI=1S/C23H33N2O4/c1-14-17(20(26)28-22(3,4)5)19(16-11-10-12-25(9)13-16)18(15(2)24-14)21(27)29-23(6,7)8/h10-13,17,19H,1-9H3/q+1. The smallest absolute Gasteiger partial charge is 0.337 e. The van der Waals surface area contributed by atoms with Crippen LogP contribution >= 0.6 is 0 Å². The number of carbonyl (C=O) groups excluding carboxylic acids is 2. The summed E-state index contributed by atoms with van der Waals surface area (Å²) in [4.78, 5) is 30.8. The molecule has 0 saturated carbocycles. The number of pyridine rings is 1. The highest BCUT2D eigenvalue weighted by molar-refractivity contribution is 6.07. The molecule has 1 aliphatic rings. The molecule has 1 aliphatic heterocycles. The molecule has 0 aromatic carbocycles. The number of nitrogens with zero attached hydrogens (tertiary/aromatic N) is 2. The highest BCUT2D eigenvalue weighted by Gasteiger charge is 2.44. The first kappa shape index (κ1) is 22.8. The molecule has 2 unspecified atom stereocenters. The van der Waals surface area contributed by atoms with E-state index in [1.54, 1.807) is 13.8 Å². The Labute approximate surface area is 173 Å². The van der Waals surface area contributed by atoms with E-state index in [-0.39, 0.29) is 0 Å². The summed E-state index contributed by atoms with van der Waals surface area (Å²) in [6.45, 7) is 14.5. The summed E-state index contributed by atoms with van der Waals surface area (Å²) in [5.41, 5.74) is 1.11. The maximum Gasteiger partial charge on any atom is 0.337 e. The molecular formula is C23H33N2O4+. The molecule has 2 heterocycles. The molecule has 0 radical (unpaired) electrons. The second-order valence-corrected chi connectivity index (χ2v) is 9.55. The van der Waals surface area contributed by atoms with Gasteiger partial charge in [0.25, 0.3) is 0 Å². The zero-order chi connectivity index (χ0) is 22.1. The van der Waals surface area contributed by atoms with Crippen LogP contribution in [0.3, 0.4) is 0 Å². The number of aryl methyl sites for hydroxylation is 1. The van der Waals surface area contributed by atoms with Gasteiger partial charge in [-0.25, -0.2) is 9.36 Å². The van der Waals surface area contributed by atoms with Crippen molar-refractivity contribution in [3.8, 4) is 0 Å². The van der Waals surface area contributed by atoms with Crippen molar-refractivity contribution in [2.24, 2.45) is 18.0 Å². The van der Waals surface area contributed by atoms with Gasteiger partial charge in [-0.15, -0.1) is 0 Å². The van der Waals surface area contributed by atoms with Crippen molar-refractivity contribution in [3.05, 3.63) is 41.4 Å². The van der Waals surface area contributed by atoms with Crippen LogP contribution in [0.4, 0.5) is 0 Å². The van der Waals surface area contributed by atoms with E-state index < -0.39 is 35.0 Å². The first-order valence-electron chi connectivity index (χ1n) is 9.87. The van der Waals surface area contributed by atoms with E-state index in [0.29, 0.717) is 17.0 Å². The average Bonchev–Trinajstić information content (AvgIpc) is 2.50. The number of carbonyl (C=O) groups is 2. The molecule has 2 atom stereocenters. The van der Waals surface area contributed by atoms with Crippen molar-refractivity contribution in [2.45, 2.75) is 72.5 Å². The molecule has 0 aliphatic carbocycles. The summed E-state index contributed by atoms with van der Waals surface area (Å²) in [5.74, 6) is -2.10. The van der Waals surface area contributed by atoms with Gasteiger partial charge in [-0.05, 0) is 61.5 Å². The van der Waals surface area contributed by atoms with E-state index in [4.69, 9.17) is 9.47 Å². The first-order chi connectivity index (χ1) is 13.2. The van der Waals surface area contributed by atoms with Crippen molar-refractivity contribution in [2.75, 3.05) is 0 Å². The van der Waals surface area contributed by atoms with Gasteiger partial charge in [-0.2, -0.15) is 0 Å². The molecule has 0 N–H and O–H groups in total. The van der Waals surface area contributed by atoms with Gasteiger partial charge < -0.3 is 9.47 Å². The summed E-state index contributed by atoms with van der Waals surface area (Å²) in [6.07, 6.45) is 3.82. The number of rotatable bonds is 3. The lowest BCUT2D eigenvalue weighted by Crippen LogP contribution is -2.41. The number of aliphatic imine (C=N–C) groups is 1. The first-order valence-corrected chi connectivity index (χ1v) is 9.87. The Morgan fingerprint density at radius 3 is 2.14 bits per heavy atom. The van der Waals surface area contributed by atoms with E-state index in [0.717, 1.165) is 5.56 Å². The predicted molar refractivity (Wildman–Crippen MR) is 111 cm³/mol. The van der Waals surface area contributed by atoms with Crippen molar-refractivity contribution in [1.29, 1.82) is 0 Å². The predicted octanol–water partition coefficient (Wildman–Crippen LogP) is 3.64. The quantitative estimate of drug-likeness (QED) is 0.573. The monoisotopic (exact) mass is 401 g/mol. The van der Waals surface area contributed by atoms with Crippen molar-refractivity contribution >= 4 is 17.7 Å². The Morgan fingerprint density at radius 1 is 1.03 bits per heavy atom. The second-order valence-electron chi connectivity index (χ2n) is 9.55. The minimum atomic E-state index is -0.706. The van der Waals surface area contributed by atoms with Crippen molar-refractivity contribution < 1.29 is 23.6 Å². The third-order valence-electron chi connectivity index (χ3n) is 4.43. The van der Waals surface area contributed by atoms with Gasteiger partial charge in [0.15, 0.2) is 12.4 Å². The van der Waals surface area contributed by atoms with Crippen LogP contribution < -0.4 is 4.57 Å². The van der Waals surface area contributed by atoms with Crippen LogP contribution in [-0.4, -0.2) is 28.9 Å². The molecule has 6 heteroatoms. The molecule has 2 rings (SSSR count). The molecular weight excluding hydrogens is 368 g/mol. The number of esters is 2. The number of aromatic nitrogens is 1. The molecule has 1 aromatic rings. The van der Waals surface area contributed by atoms with E-state index in [1.165, 1.54) is 0 Å². The molecule has 0 bridgehead atoms. The van der Waals surface area contributed by atoms with Crippen LogP contribution in [0.1, 0.15) is 66.9 Å². The lowest BCUT2D eigenvalue weighted by atomic mass is 9.76. The Hall–Kier alpha value is -2.50. The summed E-state index contributed by atoms with van der Waals surface area (Å²) < 4.78 is 13.3. The molecule has 0 saturated heterocycles. The van der Waals surface area contributed by atoms with E-state index in [1.807, 2.05) is 77.7 Å². The topological polar surface area (TPSA) is 68.8 Å². The summed E-state index contributed by atoms with van der Waals surface area (Å²) in [6, 6.07) is 3.81. The third kappa shape index (κ3) is 5.75. The molecule has 1 aromatic heterocycles. The second kappa shape index (κ2) is 8.09. The maximum absolute atomic E-state index is 13.2. The SMILES string of the molecule is CC1=NC(C)=C(C(=O)OC(C)(C)C)C(c2ccc[n+](C)c2)C1C(=O)OC(C)(C)C. The van der Waals surface area contributed by atoms with Crippen LogP contribution in [0, 0.1) is 5.92 Å². The van der Waals surface area contributed by atoms with E-state index in [9.17, 15) is 9.59 Å². The Bertz CT molecular complexity index is 870. The largest absolute Gasteiger partial charge is 0.459 e. The van der Waals surface area contributed by atoms with Gasteiger partial charge in [0.2, 0.25) is 0 Å². The Morgan fingerprint density at radius 2 is 1.62 bits per heavy atom. The summed E-state index contributed by atoms with van der Waals surface area (Å²) in [5, 5.41) is 0. The van der Waals surface area contributed by atoms with Crippen LogP contribution in [0.15, 0.2) is 40.8 Å². The van der Waals surface area contributed by atoms with Gasteiger partial charge in [0.05, 0.1) is 5.57 Å². The fourth-order valence-corrected chi connectivity index (χ4v) is 3.46. The minimum absolute atomic E-state index is 0.396. The van der Waals surface area contributed by atoms with E-state index >= 15 is 0 Å². The molecule has 29 heavy (non-hydrogen) atoms. The van der Waals surface area contributed by atoms with Gasteiger partial charge in [-0.3, -0.25) is 9.79 Å². The van der Waals surface area contributed by atoms with Crippen molar-refractivity contribution in [3.63, 3.8) is 0 Å². The zero-order valence-electron chi connectivity index (χ0n) is 19.0.